The highest BCUT2D eigenvalue weighted by Gasteiger charge is 1.72. The predicted molar refractivity (Wildman–Crippen MR) is 91.1 cm³/mol. The van der Waals surface area contributed by atoms with Crippen LogP contribution in [-0.2, 0) is 4.74 Å². The van der Waals surface area contributed by atoms with E-state index in [2.05, 4.69) is 37.6 Å². The van der Waals surface area contributed by atoms with E-state index in [9.17, 15) is 0 Å². The molecule has 1 nitrogen and oxygen atoms in total. The molecule has 0 unspecified atom stereocenters. The van der Waals surface area contributed by atoms with Crippen molar-refractivity contribution >= 4 is 0 Å². The first-order valence-corrected chi connectivity index (χ1v) is 7.14. The van der Waals surface area contributed by atoms with Crippen molar-refractivity contribution in [3.05, 3.63) is 72.3 Å². The van der Waals surface area contributed by atoms with Crippen LogP contribution in [0.25, 0.3) is 0 Å². The molecular weight excluding hydrogens is 244 g/mol. The van der Waals surface area contributed by atoms with Crippen LogP contribution < -0.4 is 0 Å². The minimum absolute atomic E-state index is 1.32. The first-order chi connectivity index (χ1) is 9.72. The summed E-state index contributed by atoms with van der Waals surface area (Å²) in [6.45, 7) is 6.44. The van der Waals surface area contributed by atoms with Crippen LogP contribution in [0.1, 0.15) is 32.3 Å². The van der Waals surface area contributed by atoms with Gasteiger partial charge in [0.25, 0.3) is 0 Å². The van der Waals surface area contributed by atoms with Gasteiger partial charge in [-0.2, -0.15) is 0 Å². The molecule has 0 saturated heterocycles. The first kappa shape index (κ1) is 20.7. The van der Waals surface area contributed by atoms with Gasteiger partial charge in [0.05, 0.1) is 0 Å². The number of ether oxygens (including phenoxy) is 1. The van der Waals surface area contributed by atoms with E-state index in [4.69, 9.17) is 0 Å². The fraction of sp³-hybridized carbons (Fsp3) is 0.368. The van der Waals surface area contributed by atoms with Crippen LogP contribution in [0.4, 0.5) is 0 Å². The van der Waals surface area contributed by atoms with Crippen LogP contribution >= 0.6 is 0 Å². The van der Waals surface area contributed by atoms with Crippen molar-refractivity contribution in [2.75, 3.05) is 14.2 Å². The summed E-state index contributed by atoms with van der Waals surface area (Å²) in [5, 5.41) is 0. The van der Waals surface area contributed by atoms with Gasteiger partial charge in [-0.3, -0.25) is 0 Å². The minimum atomic E-state index is 1.32. The maximum absolute atomic E-state index is 4.25. The number of hydrogen-bond donors (Lipinski definition) is 0. The van der Waals surface area contributed by atoms with Crippen LogP contribution in [0.15, 0.2) is 66.7 Å². The summed E-state index contributed by atoms with van der Waals surface area (Å²) in [7, 11) is 3.25. The molecule has 0 fully saturated rings. The summed E-state index contributed by atoms with van der Waals surface area (Å²) in [4.78, 5) is 0. The number of benzene rings is 2. The highest BCUT2D eigenvalue weighted by Crippen LogP contribution is 1.92. The SMILES string of the molecule is CCCC.COC.Cc1ccccc1.c1ccccc1. The van der Waals surface area contributed by atoms with E-state index in [1.807, 2.05) is 54.6 Å². The van der Waals surface area contributed by atoms with Crippen molar-refractivity contribution in [1.29, 1.82) is 0 Å². The van der Waals surface area contributed by atoms with Gasteiger partial charge in [0.1, 0.15) is 0 Å². The Morgan fingerprint density at radius 3 is 1.05 bits per heavy atom. The normalized spacial score (nSPS) is 7.85. The lowest BCUT2D eigenvalue weighted by atomic mass is 10.2. The molecule has 112 valence electrons. The number of rotatable bonds is 1. The van der Waals surface area contributed by atoms with E-state index in [0.717, 1.165) is 0 Å². The second-order valence-electron chi connectivity index (χ2n) is 4.22. The summed E-state index contributed by atoms with van der Waals surface area (Å²) in [5.74, 6) is 0. The number of aryl methyl sites for hydroxylation is 1. The molecule has 0 aliphatic rings. The van der Waals surface area contributed by atoms with Gasteiger partial charge in [-0.25, -0.2) is 0 Å². The van der Waals surface area contributed by atoms with Gasteiger partial charge in [-0.1, -0.05) is 99.0 Å². The van der Waals surface area contributed by atoms with E-state index in [1.165, 1.54) is 18.4 Å². The predicted octanol–water partition coefficient (Wildman–Crippen LogP) is 5.75. The molecule has 2 aromatic carbocycles. The molecule has 0 bridgehead atoms. The van der Waals surface area contributed by atoms with Crippen LogP contribution in [0, 0.1) is 6.92 Å². The molecule has 0 heterocycles. The Bertz CT molecular complexity index is 314. The summed E-state index contributed by atoms with van der Waals surface area (Å²) < 4.78 is 4.25. The summed E-state index contributed by atoms with van der Waals surface area (Å²) in [5.41, 5.74) is 1.32. The molecule has 0 N–H and O–H groups in total. The second kappa shape index (κ2) is 19.7. The molecule has 2 aromatic rings. The number of unbranched alkanes of at least 4 members (excludes halogenated alkanes) is 1. The Morgan fingerprint density at radius 2 is 0.900 bits per heavy atom. The van der Waals surface area contributed by atoms with Gasteiger partial charge in [0, 0.05) is 14.2 Å². The van der Waals surface area contributed by atoms with Gasteiger partial charge in [-0.15, -0.1) is 0 Å². The highest BCUT2D eigenvalue weighted by molar-refractivity contribution is 5.11. The zero-order valence-corrected chi connectivity index (χ0v) is 13.7. The van der Waals surface area contributed by atoms with Crippen molar-refractivity contribution in [2.45, 2.75) is 33.6 Å². The van der Waals surface area contributed by atoms with Gasteiger partial charge < -0.3 is 4.74 Å². The molecule has 0 atom stereocenters. The molecule has 0 spiro atoms. The third kappa shape index (κ3) is 21.7. The third-order valence-electron chi connectivity index (χ3n) is 2.11. The van der Waals surface area contributed by atoms with Gasteiger partial charge >= 0.3 is 0 Å². The average Bonchev–Trinajstić information content (AvgIpc) is 2.51. The standard InChI is InChI=1S/C7H8.C6H6.C4H10.C2H6O/c1-7-5-3-2-4-6-7;1-2-4-6-5-3-1;1-3-4-2;1-3-2/h2-6H,1H3;1-6H;3-4H2,1-2H3;1-2H3. The summed E-state index contributed by atoms with van der Waals surface area (Å²) in [6.07, 6.45) is 2.64. The fourth-order valence-corrected chi connectivity index (χ4v) is 0.919. The largest absolute Gasteiger partial charge is 0.388 e. The molecule has 0 radical (unpaired) electrons. The van der Waals surface area contributed by atoms with Gasteiger partial charge in [0.15, 0.2) is 0 Å². The topological polar surface area (TPSA) is 9.23 Å². The average molecular weight is 274 g/mol. The van der Waals surface area contributed by atoms with Crippen molar-refractivity contribution in [3.63, 3.8) is 0 Å². The molecule has 0 aromatic heterocycles. The molecule has 0 saturated carbocycles. The van der Waals surface area contributed by atoms with Crippen molar-refractivity contribution in [2.24, 2.45) is 0 Å². The molecular formula is C19H30O. The molecule has 0 amide bonds. The lowest BCUT2D eigenvalue weighted by Gasteiger charge is -1.82. The zero-order valence-electron chi connectivity index (χ0n) is 13.7. The van der Waals surface area contributed by atoms with Gasteiger partial charge in [-0.05, 0) is 6.92 Å². The lowest BCUT2D eigenvalue weighted by molar-refractivity contribution is 0.277. The number of methoxy groups -OCH3 is 1. The van der Waals surface area contributed by atoms with Crippen LogP contribution in [0.2, 0.25) is 0 Å². The molecule has 2 rings (SSSR count). The first-order valence-electron chi connectivity index (χ1n) is 7.14. The quantitative estimate of drug-likeness (QED) is 0.643. The second-order valence-corrected chi connectivity index (χ2v) is 4.22. The van der Waals surface area contributed by atoms with Crippen LogP contribution in [0.5, 0.6) is 0 Å². The summed E-state index contributed by atoms with van der Waals surface area (Å²) in [6, 6.07) is 22.3. The highest BCUT2D eigenvalue weighted by atomic mass is 16.4. The van der Waals surface area contributed by atoms with E-state index in [1.54, 1.807) is 14.2 Å². The number of hydrogen-bond acceptors (Lipinski definition) is 1. The van der Waals surface area contributed by atoms with E-state index < -0.39 is 0 Å². The molecule has 1 heteroatoms. The Kier molecular flexibility index (Phi) is 20.4. The fourth-order valence-electron chi connectivity index (χ4n) is 0.919. The maximum Gasteiger partial charge on any atom is 0.0351 e. The van der Waals surface area contributed by atoms with Crippen molar-refractivity contribution in [1.82, 2.24) is 0 Å². The summed E-state index contributed by atoms with van der Waals surface area (Å²) >= 11 is 0. The molecule has 0 aliphatic carbocycles. The van der Waals surface area contributed by atoms with E-state index in [-0.39, 0.29) is 0 Å². The smallest absolute Gasteiger partial charge is 0.0351 e. The molecule has 0 aliphatic heterocycles. The monoisotopic (exact) mass is 274 g/mol. The Balaban J connectivity index is 0. The zero-order chi connectivity index (χ0) is 15.5. The Hall–Kier alpha value is -1.60. The Morgan fingerprint density at radius 1 is 0.650 bits per heavy atom. The van der Waals surface area contributed by atoms with Crippen molar-refractivity contribution < 1.29 is 4.74 Å². The van der Waals surface area contributed by atoms with Crippen LogP contribution in [0.3, 0.4) is 0 Å². The Labute approximate surface area is 125 Å². The van der Waals surface area contributed by atoms with E-state index >= 15 is 0 Å². The minimum Gasteiger partial charge on any atom is -0.388 e. The third-order valence-corrected chi connectivity index (χ3v) is 2.11. The van der Waals surface area contributed by atoms with E-state index in [0.29, 0.717) is 0 Å². The van der Waals surface area contributed by atoms with Gasteiger partial charge in [0.2, 0.25) is 0 Å². The maximum atomic E-state index is 4.25. The van der Waals surface area contributed by atoms with Crippen LogP contribution in [-0.4, -0.2) is 14.2 Å². The molecule has 20 heavy (non-hydrogen) atoms. The lowest BCUT2D eigenvalue weighted by Crippen LogP contribution is -1.62. The van der Waals surface area contributed by atoms with Crippen molar-refractivity contribution in [3.8, 4) is 0 Å².